The highest BCUT2D eigenvalue weighted by molar-refractivity contribution is 6.35. The van der Waals surface area contributed by atoms with Crippen LogP contribution in [0.25, 0.3) is 0 Å². The number of carbonyl (C=O) groups is 5. The molecule has 2 saturated carbocycles. The normalized spacial score (nSPS) is 37.2. The zero-order valence-corrected chi connectivity index (χ0v) is 16.9. The third-order valence-electron chi connectivity index (χ3n) is 6.97. The predicted octanol–water partition coefficient (Wildman–Crippen LogP) is -0.906. The lowest BCUT2D eigenvalue weighted by Crippen LogP contribution is -2.72. The molecule has 3 aliphatic carbocycles. The van der Waals surface area contributed by atoms with Gasteiger partial charge in [0.2, 0.25) is 5.91 Å². The number of anilines is 1. The highest BCUT2D eigenvalue weighted by Gasteiger charge is 2.69. The summed E-state index contributed by atoms with van der Waals surface area (Å²) in [6, 6.07) is 1.35. The second-order valence-corrected chi connectivity index (χ2v) is 8.80. The molecule has 3 aliphatic rings. The number of aliphatic hydroxyl groups excluding tert-OH is 1. The van der Waals surface area contributed by atoms with E-state index in [-0.39, 0.29) is 21.8 Å². The first-order chi connectivity index (χ1) is 14.3. The molecule has 0 saturated heterocycles. The van der Waals surface area contributed by atoms with Gasteiger partial charge in [-0.1, -0.05) is 18.5 Å². The highest BCUT2D eigenvalue weighted by atomic mass is 35.5. The molecule has 2 unspecified atom stereocenters. The van der Waals surface area contributed by atoms with E-state index in [2.05, 4.69) is 0 Å². The third-order valence-corrected chi connectivity index (χ3v) is 7.28. The number of carbonyl (C=O) groups excluding carboxylic acids is 5. The van der Waals surface area contributed by atoms with Crippen molar-refractivity contribution in [3.63, 3.8) is 0 Å². The summed E-state index contributed by atoms with van der Waals surface area (Å²) < 4.78 is 0. The zero-order chi connectivity index (χ0) is 23.2. The fraction of sp³-hybridized carbons (Fsp3) is 0.450. The molecule has 0 aliphatic heterocycles. The molecule has 1 aromatic rings. The van der Waals surface area contributed by atoms with Gasteiger partial charge < -0.3 is 26.8 Å². The van der Waals surface area contributed by atoms with E-state index in [1.165, 1.54) is 6.07 Å². The van der Waals surface area contributed by atoms with Gasteiger partial charge in [0.25, 0.3) is 0 Å². The first-order valence-electron chi connectivity index (χ1n) is 9.51. The van der Waals surface area contributed by atoms with Crippen LogP contribution in [0.3, 0.4) is 0 Å². The van der Waals surface area contributed by atoms with Gasteiger partial charge in [-0.25, -0.2) is 0 Å². The van der Waals surface area contributed by atoms with Crippen LogP contribution in [0, 0.1) is 23.7 Å². The van der Waals surface area contributed by atoms with E-state index in [0.717, 1.165) is 0 Å². The SMILES string of the molecule is C[C@@H]1c2cc(Cl)c(N)c(O)c2C(=O)C2C(=O)[C@]3(O)C(=O)C(C(N)=O)C(=O)C[C@@H]3[C@H](O)[C@@H]21. The Balaban J connectivity index is 1.92. The zero-order valence-electron chi connectivity index (χ0n) is 16.2. The molecule has 7 N–H and O–H groups in total. The average Bonchev–Trinajstić information content (AvgIpc) is 2.69. The number of nitrogen functional groups attached to an aromatic ring is 1. The van der Waals surface area contributed by atoms with Gasteiger partial charge in [-0.05, 0) is 17.5 Å². The molecule has 2 fully saturated rings. The van der Waals surface area contributed by atoms with Crippen molar-refractivity contribution in [2.24, 2.45) is 29.4 Å². The van der Waals surface area contributed by atoms with Gasteiger partial charge in [-0.15, -0.1) is 0 Å². The number of benzene rings is 1. The maximum Gasteiger partial charge on any atom is 0.235 e. The standard InChI is InChI=1S/C20H19ClN2O8/c1-4-5-2-7(21)13(22)16(27)10(5)15(26)12-9(4)14(25)6-3-8(24)11(19(23)30)17(28)20(6,31)18(12)29/h2,4,6,9,11-12,14,25,27,31H,3,22H2,1H3,(H2,23,30)/t4-,6-,9-,11?,12?,14+,20-/m1/s1. The van der Waals surface area contributed by atoms with Crippen molar-refractivity contribution in [1.29, 1.82) is 0 Å². The van der Waals surface area contributed by atoms with E-state index in [0.29, 0.717) is 0 Å². The van der Waals surface area contributed by atoms with Crippen LogP contribution < -0.4 is 11.5 Å². The van der Waals surface area contributed by atoms with Gasteiger partial charge in [0.15, 0.2) is 40.4 Å². The Morgan fingerprint density at radius 2 is 1.84 bits per heavy atom. The van der Waals surface area contributed by atoms with E-state index in [4.69, 9.17) is 23.1 Å². The van der Waals surface area contributed by atoms with Crippen molar-refractivity contribution in [2.45, 2.75) is 31.0 Å². The number of phenols is 1. The van der Waals surface area contributed by atoms with Crippen molar-refractivity contribution >= 4 is 46.3 Å². The van der Waals surface area contributed by atoms with Crippen LogP contribution in [0.4, 0.5) is 5.69 Å². The summed E-state index contributed by atoms with van der Waals surface area (Å²) >= 11 is 6.02. The number of aromatic hydroxyl groups is 1. The fourth-order valence-corrected chi connectivity index (χ4v) is 5.61. The number of nitrogens with two attached hydrogens (primary N) is 2. The summed E-state index contributed by atoms with van der Waals surface area (Å²) in [6.07, 6.45) is -2.27. The van der Waals surface area contributed by atoms with E-state index in [9.17, 15) is 39.3 Å². The number of aliphatic hydroxyl groups is 2. The monoisotopic (exact) mass is 450 g/mol. The first-order valence-corrected chi connectivity index (χ1v) is 9.89. The Kier molecular flexibility index (Phi) is 4.55. The largest absolute Gasteiger partial charge is 0.505 e. The Morgan fingerprint density at radius 3 is 2.42 bits per heavy atom. The molecule has 10 nitrogen and oxygen atoms in total. The number of phenolic OH excluding ortho intramolecular Hbond substituents is 1. The molecule has 11 heteroatoms. The number of amides is 1. The number of primary amides is 1. The van der Waals surface area contributed by atoms with Crippen molar-refractivity contribution < 1.29 is 39.3 Å². The van der Waals surface area contributed by atoms with Gasteiger partial charge >= 0.3 is 0 Å². The summed E-state index contributed by atoms with van der Waals surface area (Å²) in [7, 11) is 0. The van der Waals surface area contributed by atoms with Crippen molar-refractivity contribution in [1.82, 2.24) is 0 Å². The van der Waals surface area contributed by atoms with Gasteiger partial charge in [0.1, 0.15) is 0 Å². The Hall–Kier alpha value is -2.82. The van der Waals surface area contributed by atoms with Gasteiger partial charge in [-0.3, -0.25) is 24.0 Å². The van der Waals surface area contributed by atoms with Crippen LogP contribution in [0.15, 0.2) is 6.07 Å². The lowest BCUT2D eigenvalue weighted by molar-refractivity contribution is -0.189. The summed E-state index contributed by atoms with van der Waals surface area (Å²) in [6.45, 7) is 1.58. The van der Waals surface area contributed by atoms with E-state index >= 15 is 0 Å². The maximum atomic E-state index is 13.4. The van der Waals surface area contributed by atoms with E-state index in [1.807, 2.05) is 0 Å². The highest BCUT2D eigenvalue weighted by Crippen LogP contribution is 2.55. The molecule has 4 rings (SSSR count). The number of hydrogen-bond acceptors (Lipinski definition) is 9. The Morgan fingerprint density at radius 1 is 1.23 bits per heavy atom. The molecule has 0 radical (unpaired) electrons. The fourth-order valence-electron chi connectivity index (χ4n) is 5.40. The second-order valence-electron chi connectivity index (χ2n) is 8.39. The minimum absolute atomic E-state index is 0.0326. The molecule has 0 heterocycles. The van der Waals surface area contributed by atoms with Crippen molar-refractivity contribution in [3.8, 4) is 5.75 Å². The van der Waals surface area contributed by atoms with Crippen LogP contribution in [0.5, 0.6) is 5.75 Å². The van der Waals surface area contributed by atoms with Crippen molar-refractivity contribution in [2.75, 3.05) is 5.73 Å². The lowest BCUT2D eigenvalue weighted by atomic mass is 9.50. The second kappa shape index (κ2) is 6.59. The molecule has 1 aromatic carbocycles. The first kappa shape index (κ1) is 21.4. The molecule has 0 bridgehead atoms. The van der Waals surface area contributed by atoms with Gasteiger partial charge in [0.05, 0.1) is 28.3 Å². The number of fused-ring (bicyclic) bond motifs is 3. The average molecular weight is 451 g/mol. The number of halogens is 1. The molecule has 164 valence electrons. The molecular formula is C20H19ClN2O8. The molecule has 1 amide bonds. The summed E-state index contributed by atoms with van der Waals surface area (Å²) in [5, 5.41) is 32.5. The number of ketones is 4. The summed E-state index contributed by atoms with van der Waals surface area (Å²) in [5.41, 5.74) is 7.53. The Bertz CT molecular complexity index is 1100. The molecule has 0 spiro atoms. The molecule has 31 heavy (non-hydrogen) atoms. The smallest absolute Gasteiger partial charge is 0.235 e. The maximum absolute atomic E-state index is 13.4. The van der Waals surface area contributed by atoms with Crippen molar-refractivity contribution in [3.05, 3.63) is 22.2 Å². The topological polar surface area (TPSA) is 198 Å². The minimum Gasteiger partial charge on any atom is -0.505 e. The summed E-state index contributed by atoms with van der Waals surface area (Å²) in [5.74, 6) is -13.7. The van der Waals surface area contributed by atoms with Crippen LogP contribution >= 0.6 is 11.6 Å². The van der Waals surface area contributed by atoms with E-state index < -0.39 is 82.5 Å². The van der Waals surface area contributed by atoms with E-state index in [1.54, 1.807) is 6.92 Å². The van der Waals surface area contributed by atoms with Crippen LogP contribution in [0.2, 0.25) is 5.02 Å². The lowest BCUT2D eigenvalue weighted by Gasteiger charge is -2.52. The number of rotatable bonds is 1. The Labute approximate surface area is 180 Å². The number of Topliss-reactive ketones (excluding diaryl/α,β-unsaturated/α-hetero) is 4. The minimum atomic E-state index is -2.95. The molecule has 0 aromatic heterocycles. The van der Waals surface area contributed by atoms with Crippen LogP contribution in [-0.2, 0) is 19.2 Å². The number of hydrogen-bond donors (Lipinski definition) is 5. The molecule has 7 atom stereocenters. The molecular weight excluding hydrogens is 432 g/mol. The summed E-state index contributed by atoms with van der Waals surface area (Å²) in [4.78, 5) is 63.5. The van der Waals surface area contributed by atoms with Gasteiger partial charge in [0, 0.05) is 18.3 Å². The van der Waals surface area contributed by atoms with Gasteiger partial charge in [-0.2, -0.15) is 0 Å². The third kappa shape index (κ3) is 2.49. The quantitative estimate of drug-likeness (QED) is 0.204. The predicted molar refractivity (Wildman–Crippen MR) is 104 cm³/mol. The van der Waals surface area contributed by atoms with Crippen LogP contribution in [0.1, 0.15) is 35.2 Å². The van der Waals surface area contributed by atoms with Crippen LogP contribution in [-0.4, -0.2) is 56.1 Å².